The summed E-state index contributed by atoms with van der Waals surface area (Å²) in [5.74, 6) is 0. The van der Waals surface area contributed by atoms with Crippen molar-refractivity contribution in [3.8, 4) is 0 Å². The predicted molar refractivity (Wildman–Crippen MR) is 63.8 cm³/mol. The van der Waals surface area contributed by atoms with Gasteiger partial charge in [-0.3, -0.25) is 0 Å². The molecule has 84 valence electrons. The van der Waals surface area contributed by atoms with Crippen molar-refractivity contribution in [2.75, 3.05) is 13.2 Å². The molecule has 1 aromatic rings. The molecule has 0 bridgehead atoms. The summed E-state index contributed by atoms with van der Waals surface area (Å²) in [6, 6.07) is 8.36. The van der Waals surface area contributed by atoms with Gasteiger partial charge >= 0.3 is 0 Å². The van der Waals surface area contributed by atoms with Crippen molar-refractivity contribution >= 4 is 0 Å². The second kappa shape index (κ2) is 5.29. The lowest BCUT2D eigenvalue weighted by Gasteiger charge is -2.22. The number of aliphatic hydroxyl groups is 1. The third-order valence-corrected chi connectivity index (χ3v) is 2.61. The van der Waals surface area contributed by atoms with E-state index in [0.717, 1.165) is 13.1 Å². The van der Waals surface area contributed by atoms with E-state index >= 15 is 0 Å². The molecule has 0 saturated carbocycles. The minimum atomic E-state index is -0.0390. The minimum absolute atomic E-state index is 0.0390. The van der Waals surface area contributed by atoms with Gasteiger partial charge in [-0.25, -0.2) is 0 Å². The van der Waals surface area contributed by atoms with Crippen LogP contribution in [0.2, 0.25) is 0 Å². The molecule has 2 N–H and O–H groups in total. The summed E-state index contributed by atoms with van der Waals surface area (Å²) in [6.45, 7) is 8.14. The van der Waals surface area contributed by atoms with Crippen LogP contribution in [0.3, 0.4) is 0 Å². The highest BCUT2D eigenvalue weighted by molar-refractivity contribution is 5.25. The molecule has 0 radical (unpaired) electrons. The second-order valence-electron chi connectivity index (χ2n) is 4.85. The van der Waals surface area contributed by atoms with E-state index in [1.165, 1.54) is 11.1 Å². The van der Waals surface area contributed by atoms with Crippen LogP contribution in [-0.4, -0.2) is 18.3 Å². The molecule has 0 aliphatic rings. The summed E-state index contributed by atoms with van der Waals surface area (Å²) < 4.78 is 0. The molecule has 0 aromatic heterocycles. The maximum absolute atomic E-state index is 9.11. The van der Waals surface area contributed by atoms with Gasteiger partial charge in [0.2, 0.25) is 0 Å². The molecule has 0 atom stereocenters. The van der Waals surface area contributed by atoms with Crippen molar-refractivity contribution < 1.29 is 5.11 Å². The molecule has 1 aromatic carbocycles. The summed E-state index contributed by atoms with van der Waals surface area (Å²) in [4.78, 5) is 0. The Morgan fingerprint density at radius 2 is 1.93 bits per heavy atom. The van der Waals surface area contributed by atoms with Crippen LogP contribution >= 0.6 is 0 Å². The van der Waals surface area contributed by atoms with E-state index in [1.807, 2.05) is 0 Å². The minimum Gasteiger partial charge on any atom is -0.396 e. The molecule has 15 heavy (non-hydrogen) atoms. The molecule has 0 saturated heterocycles. The maximum atomic E-state index is 9.11. The first-order valence-corrected chi connectivity index (χ1v) is 5.41. The van der Waals surface area contributed by atoms with Crippen molar-refractivity contribution in [1.82, 2.24) is 5.32 Å². The number of nitrogens with one attached hydrogen (secondary N) is 1. The monoisotopic (exact) mass is 207 g/mol. The van der Waals surface area contributed by atoms with Crippen LogP contribution in [0.4, 0.5) is 0 Å². The fraction of sp³-hybridized carbons (Fsp3) is 0.538. The van der Waals surface area contributed by atoms with E-state index < -0.39 is 0 Å². The molecule has 0 aliphatic carbocycles. The van der Waals surface area contributed by atoms with Crippen LogP contribution in [0, 0.1) is 12.3 Å². The normalized spacial score (nSPS) is 11.7. The third kappa shape index (κ3) is 4.02. The first-order chi connectivity index (χ1) is 7.05. The Hall–Kier alpha value is -0.860. The third-order valence-electron chi connectivity index (χ3n) is 2.61. The van der Waals surface area contributed by atoms with Crippen molar-refractivity contribution in [3.05, 3.63) is 35.4 Å². The lowest BCUT2D eigenvalue weighted by molar-refractivity contribution is 0.156. The Labute approximate surface area is 92.3 Å². The van der Waals surface area contributed by atoms with Crippen molar-refractivity contribution in [2.45, 2.75) is 27.3 Å². The van der Waals surface area contributed by atoms with Gasteiger partial charge < -0.3 is 10.4 Å². The zero-order chi connectivity index (χ0) is 11.3. The smallest absolute Gasteiger partial charge is 0.0494 e. The van der Waals surface area contributed by atoms with E-state index in [4.69, 9.17) is 5.11 Å². The Balaban J connectivity index is 2.42. The van der Waals surface area contributed by atoms with E-state index in [9.17, 15) is 0 Å². The molecular formula is C13H21NO. The Kier molecular flexibility index (Phi) is 4.30. The molecular weight excluding hydrogens is 186 g/mol. The lowest BCUT2D eigenvalue weighted by Crippen LogP contribution is -2.32. The topological polar surface area (TPSA) is 32.3 Å². The van der Waals surface area contributed by atoms with Crippen molar-refractivity contribution in [3.63, 3.8) is 0 Å². The van der Waals surface area contributed by atoms with Gasteiger partial charge in [-0.05, 0) is 18.1 Å². The Morgan fingerprint density at radius 3 is 2.53 bits per heavy atom. The maximum Gasteiger partial charge on any atom is 0.0494 e. The SMILES string of the molecule is Cc1ccccc1CNCC(C)(C)CO. The number of benzene rings is 1. The highest BCUT2D eigenvalue weighted by Crippen LogP contribution is 2.12. The molecule has 0 amide bonds. The first-order valence-electron chi connectivity index (χ1n) is 5.41. The summed E-state index contributed by atoms with van der Waals surface area (Å²) in [7, 11) is 0. The molecule has 0 fully saturated rings. The summed E-state index contributed by atoms with van der Waals surface area (Å²) in [5.41, 5.74) is 2.60. The average Bonchev–Trinajstić information content (AvgIpc) is 2.21. The largest absolute Gasteiger partial charge is 0.396 e. The van der Waals surface area contributed by atoms with Gasteiger partial charge in [-0.1, -0.05) is 38.1 Å². The average molecular weight is 207 g/mol. The van der Waals surface area contributed by atoms with Crippen LogP contribution < -0.4 is 5.32 Å². The van der Waals surface area contributed by atoms with Gasteiger partial charge in [-0.15, -0.1) is 0 Å². The molecule has 0 unspecified atom stereocenters. The number of hydrogen-bond donors (Lipinski definition) is 2. The molecule has 0 aliphatic heterocycles. The zero-order valence-corrected chi connectivity index (χ0v) is 9.88. The zero-order valence-electron chi connectivity index (χ0n) is 9.88. The fourth-order valence-electron chi connectivity index (χ4n) is 1.40. The fourth-order valence-corrected chi connectivity index (χ4v) is 1.40. The molecule has 2 nitrogen and oxygen atoms in total. The van der Waals surface area contributed by atoms with Crippen LogP contribution in [0.25, 0.3) is 0 Å². The standard InChI is InChI=1S/C13H21NO/c1-11-6-4-5-7-12(11)8-14-9-13(2,3)10-15/h4-7,14-15H,8-10H2,1-3H3. The summed E-state index contributed by atoms with van der Waals surface area (Å²) >= 11 is 0. The van der Waals surface area contributed by atoms with Gasteiger partial charge in [-0.2, -0.15) is 0 Å². The first kappa shape index (κ1) is 12.2. The second-order valence-corrected chi connectivity index (χ2v) is 4.85. The van der Waals surface area contributed by atoms with E-state index in [0.29, 0.717) is 0 Å². The van der Waals surface area contributed by atoms with Crippen LogP contribution in [-0.2, 0) is 6.54 Å². The van der Waals surface area contributed by atoms with E-state index in [2.05, 4.69) is 50.4 Å². The number of rotatable bonds is 5. The predicted octanol–water partition coefficient (Wildman–Crippen LogP) is 2.10. The van der Waals surface area contributed by atoms with Crippen LogP contribution in [0.15, 0.2) is 24.3 Å². The molecule has 0 heterocycles. The van der Waals surface area contributed by atoms with Crippen molar-refractivity contribution in [1.29, 1.82) is 0 Å². The van der Waals surface area contributed by atoms with Gasteiger partial charge in [0, 0.05) is 25.1 Å². The van der Waals surface area contributed by atoms with Gasteiger partial charge in [0.15, 0.2) is 0 Å². The molecule has 1 rings (SSSR count). The molecule has 0 spiro atoms. The summed E-state index contributed by atoms with van der Waals surface area (Å²) in [5, 5.41) is 12.5. The summed E-state index contributed by atoms with van der Waals surface area (Å²) in [6.07, 6.45) is 0. The number of aryl methyl sites for hydroxylation is 1. The van der Waals surface area contributed by atoms with Gasteiger partial charge in [0.1, 0.15) is 0 Å². The van der Waals surface area contributed by atoms with E-state index in [1.54, 1.807) is 0 Å². The number of hydrogen-bond acceptors (Lipinski definition) is 2. The van der Waals surface area contributed by atoms with Crippen molar-refractivity contribution in [2.24, 2.45) is 5.41 Å². The highest BCUT2D eigenvalue weighted by Gasteiger charge is 2.15. The quantitative estimate of drug-likeness (QED) is 0.775. The van der Waals surface area contributed by atoms with E-state index in [-0.39, 0.29) is 12.0 Å². The van der Waals surface area contributed by atoms with Gasteiger partial charge in [0.25, 0.3) is 0 Å². The highest BCUT2D eigenvalue weighted by atomic mass is 16.3. The van der Waals surface area contributed by atoms with Crippen LogP contribution in [0.5, 0.6) is 0 Å². The Morgan fingerprint density at radius 1 is 1.27 bits per heavy atom. The Bertz CT molecular complexity index is 307. The number of aliphatic hydroxyl groups excluding tert-OH is 1. The van der Waals surface area contributed by atoms with Gasteiger partial charge in [0.05, 0.1) is 0 Å². The van der Waals surface area contributed by atoms with Crippen LogP contribution in [0.1, 0.15) is 25.0 Å². The lowest BCUT2D eigenvalue weighted by atomic mass is 9.95. The molecule has 2 heteroatoms.